The molecule has 0 bridgehead atoms. The number of hydrogen-bond acceptors (Lipinski definition) is 5. The second kappa shape index (κ2) is 7.20. The second-order valence-corrected chi connectivity index (χ2v) is 5.38. The van der Waals surface area contributed by atoms with E-state index in [-0.39, 0.29) is 22.3 Å². The number of nitrogens with two attached hydrogens (primary N) is 1. The standard InChI is InChI=1S/C8H4ClNO3.C7H6ClNO2/c9-4-1-2-6-5(3-4)7(11)10-8(12)13-6;8-4-1-2-6(10)5(3-4)7(9)11/h1-3H,(H,10,11,12);1-3,10H,(H2,9,11). The number of benzene rings is 2. The van der Waals surface area contributed by atoms with Crippen molar-refractivity contribution in [2.75, 3.05) is 0 Å². The molecule has 0 aliphatic carbocycles. The molecule has 0 unspecified atom stereocenters. The molecule has 3 aromatic rings. The van der Waals surface area contributed by atoms with Crippen molar-refractivity contribution < 1.29 is 14.3 Å². The summed E-state index contributed by atoms with van der Waals surface area (Å²) in [4.78, 5) is 34.5. The van der Waals surface area contributed by atoms with Crippen LogP contribution in [-0.4, -0.2) is 16.0 Å². The Bertz CT molecular complexity index is 1030. The van der Waals surface area contributed by atoms with Crippen LogP contribution in [0.2, 0.25) is 10.0 Å². The Morgan fingerprint density at radius 3 is 2.33 bits per heavy atom. The number of nitrogens with one attached hydrogen (secondary N) is 1. The van der Waals surface area contributed by atoms with E-state index in [9.17, 15) is 14.4 Å². The van der Waals surface area contributed by atoms with Gasteiger partial charge in [0.2, 0.25) is 0 Å². The molecule has 124 valence electrons. The smallest absolute Gasteiger partial charge is 0.419 e. The van der Waals surface area contributed by atoms with E-state index >= 15 is 0 Å². The average Bonchev–Trinajstić information content (AvgIpc) is 2.51. The quantitative estimate of drug-likeness (QED) is 0.607. The monoisotopic (exact) mass is 368 g/mol. The Kier molecular flexibility index (Phi) is 5.28. The van der Waals surface area contributed by atoms with Crippen LogP contribution < -0.4 is 17.0 Å². The summed E-state index contributed by atoms with van der Waals surface area (Å²) in [7, 11) is 0. The number of primary amides is 1. The Morgan fingerprint density at radius 2 is 1.71 bits per heavy atom. The molecule has 0 spiro atoms. The molecule has 4 N–H and O–H groups in total. The van der Waals surface area contributed by atoms with E-state index in [2.05, 4.69) is 0 Å². The van der Waals surface area contributed by atoms with E-state index in [0.29, 0.717) is 10.0 Å². The van der Waals surface area contributed by atoms with Gasteiger partial charge < -0.3 is 15.3 Å². The third-order valence-electron chi connectivity index (χ3n) is 2.83. The van der Waals surface area contributed by atoms with E-state index in [0.717, 1.165) is 0 Å². The van der Waals surface area contributed by atoms with Crippen molar-refractivity contribution in [3.8, 4) is 5.75 Å². The number of aromatic hydroxyl groups is 1. The van der Waals surface area contributed by atoms with E-state index in [4.69, 9.17) is 38.5 Å². The van der Waals surface area contributed by atoms with Crippen molar-refractivity contribution in [2.24, 2.45) is 5.73 Å². The highest BCUT2D eigenvalue weighted by Gasteiger charge is 2.06. The van der Waals surface area contributed by atoms with Gasteiger partial charge in [0.1, 0.15) is 11.3 Å². The number of fused-ring (bicyclic) bond motifs is 1. The number of carbonyl (C=O) groups excluding carboxylic acids is 1. The molecule has 0 saturated heterocycles. The van der Waals surface area contributed by atoms with Crippen LogP contribution >= 0.6 is 23.2 Å². The normalized spacial score (nSPS) is 10.1. The minimum atomic E-state index is -0.764. The van der Waals surface area contributed by atoms with Gasteiger partial charge in [-0.15, -0.1) is 0 Å². The van der Waals surface area contributed by atoms with Gasteiger partial charge in [-0.1, -0.05) is 23.2 Å². The van der Waals surface area contributed by atoms with Gasteiger partial charge in [-0.3, -0.25) is 14.6 Å². The number of halogens is 2. The number of aromatic nitrogens is 1. The van der Waals surface area contributed by atoms with Crippen molar-refractivity contribution in [3.05, 3.63) is 72.9 Å². The minimum absolute atomic E-state index is 0.0394. The highest BCUT2D eigenvalue weighted by molar-refractivity contribution is 6.31. The zero-order valence-corrected chi connectivity index (χ0v) is 13.4. The molecular weight excluding hydrogens is 359 g/mol. The summed E-state index contributed by atoms with van der Waals surface area (Å²) >= 11 is 11.2. The third-order valence-corrected chi connectivity index (χ3v) is 3.30. The van der Waals surface area contributed by atoms with Gasteiger partial charge in [0.05, 0.1) is 10.9 Å². The fourth-order valence-electron chi connectivity index (χ4n) is 1.76. The molecule has 24 heavy (non-hydrogen) atoms. The summed E-state index contributed by atoms with van der Waals surface area (Å²) in [6, 6.07) is 8.59. The van der Waals surface area contributed by atoms with Gasteiger partial charge in [0, 0.05) is 10.0 Å². The number of carbonyl (C=O) groups is 1. The molecule has 0 atom stereocenters. The van der Waals surface area contributed by atoms with Crippen LogP contribution in [0.4, 0.5) is 0 Å². The fourth-order valence-corrected chi connectivity index (χ4v) is 2.10. The van der Waals surface area contributed by atoms with Crippen LogP contribution in [0, 0.1) is 0 Å². The van der Waals surface area contributed by atoms with Crippen molar-refractivity contribution in [1.82, 2.24) is 4.98 Å². The predicted octanol–water partition coefficient (Wildman–Crippen LogP) is 2.28. The van der Waals surface area contributed by atoms with Crippen molar-refractivity contribution in [3.63, 3.8) is 0 Å². The summed E-state index contributed by atoms with van der Waals surface area (Å²) in [5.74, 6) is -1.60. The van der Waals surface area contributed by atoms with Crippen molar-refractivity contribution >= 4 is 40.1 Å². The molecule has 0 saturated carbocycles. The van der Waals surface area contributed by atoms with Crippen LogP contribution in [-0.2, 0) is 0 Å². The highest BCUT2D eigenvalue weighted by Crippen LogP contribution is 2.20. The first kappa shape index (κ1) is 17.6. The van der Waals surface area contributed by atoms with Crippen LogP contribution in [0.15, 0.2) is 50.4 Å². The Labute approximate surface area is 144 Å². The van der Waals surface area contributed by atoms with Gasteiger partial charge in [-0.2, -0.15) is 0 Å². The first-order chi connectivity index (χ1) is 11.3. The van der Waals surface area contributed by atoms with Crippen LogP contribution in [0.1, 0.15) is 10.4 Å². The van der Waals surface area contributed by atoms with Crippen LogP contribution in [0.3, 0.4) is 0 Å². The zero-order valence-electron chi connectivity index (χ0n) is 11.9. The summed E-state index contributed by atoms with van der Waals surface area (Å²) in [6.07, 6.45) is 0. The average molecular weight is 369 g/mol. The molecule has 2 aromatic carbocycles. The molecule has 7 nitrogen and oxygen atoms in total. The van der Waals surface area contributed by atoms with Crippen LogP contribution in [0.5, 0.6) is 5.75 Å². The first-order valence-corrected chi connectivity index (χ1v) is 7.14. The van der Waals surface area contributed by atoms with Crippen LogP contribution in [0.25, 0.3) is 11.0 Å². The molecule has 1 amide bonds. The lowest BCUT2D eigenvalue weighted by Gasteiger charge is -1.98. The predicted molar refractivity (Wildman–Crippen MR) is 89.7 cm³/mol. The van der Waals surface area contributed by atoms with Gasteiger partial charge >= 0.3 is 5.76 Å². The molecule has 0 aliphatic heterocycles. The number of H-pyrrole nitrogens is 1. The van der Waals surface area contributed by atoms with Gasteiger partial charge in [0.25, 0.3) is 11.5 Å². The van der Waals surface area contributed by atoms with Gasteiger partial charge in [-0.25, -0.2) is 4.79 Å². The van der Waals surface area contributed by atoms with Gasteiger partial charge in [-0.05, 0) is 36.4 Å². The van der Waals surface area contributed by atoms with Gasteiger partial charge in [0.15, 0.2) is 0 Å². The van der Waals surface area contributed by atoms with E-state index in [1.165, 1.54) is 30.3 Å². The van der Waals surface area contributed by atoms with Crippen molar-refractivity contribution in [1.29, 1.82) is 0 Å². The Morgan fingerprint density at radius 1 is 1.08 bits per heavy atom. The fraction of sp³-hybridized carbons (Fsp3) is 0. The molecule has 1 heterocycles. The lowest BCUT2D eigenvalue weighted by atomic mass is 10.2. The van der Waals surface area contributed by atoms with E-state index in [1.807, 2.05) is 4.98 Å². The van der Waals surface area contributed by atoms with Crippen molar-refractivity contribution in [2.45, 2.75) is 0 Å². The first-order valence-electron chi connectivity index (χ1n) is 6.39. The highest BCUT2D eigenvalue weighted by atomic mass is 35.5. The number of hydrogen-bond donors (Lipinski definition) is 3. The lowest BCUT2D eigenvalue weighted by Crippen LogP contribution is -2.17. The number of amides is 1. The lowest BCUT2D eigenvalue weighted by molar-refractivity contribution is 0.0998. The Hall–Kier alpha value is -2.77. The maximum atomic E-state index is 11.2. The summed E-state index contributed by atoms with van der Waals surface area (Å²) in [5.41, 5.74) is 4.71. The SMILES string of the molecule is NC(=O)c1cc(Cl)ccc1O.O=c1[nH]c(=O)c2cc(Cl)ccc2o1. The molecular formula is C15H10Cl2N2O5. The number of aromatic amines is 1. The second-order valence-electron chi connectivity index (χ2n) is 4.51. The molecule has 3 rings (SSSR count). The molecule has 1 aromatic heterocycles. The maximum Gasteiger partial charge on any atom is 0.419 e. The topological polar surface area (TPSA) is 126 Å². The third kappa shape index (κ3) is 4.15. The maximum absolute atomic E-state index is 11.2. The van der Waals surface area contributed by atoms with E-state index < -0.39 is 17.2 Å². The van der Waals surface area contributed by atoms with E-state index in [1.54, 1.807) is 6.07 Å². The number of phenols is 1. The largest absolute Gasteiger partial charge is 0.507 e. The Balaban J connectivity index is 0.000000177. The molecule has 0 fully saturated rings. The zero-order chi connectivity index (χ0) is 17.9. The molecule has 0 aliphatic rings. The minimum Gasteiger partial charge on any atom is -0.507 e. The molecule has 9 heteroatoms. The summed E-state index contributed by atoms with van der Waals surface area (Å²) in [5, 5.41) is 10.1. The molecule has 0 radical (unpaired) electrons. The number of rotatable bonds is 1. The summed E-state index contributed by atoms with van der Waals surface area (Å²) in [6.45, 7) is 0. The summed E-state index contributed by atoms with van der Waals surface area (Å²) < 4.78 is 4.73.